The predicted molar refractivity (Wildman–Crippen MR) is 127 cm³/mol. The number of carbonyl (C=O) groups excluding carboxylic acids is 1. The number of thiophene rings is 1. The second-order valence-corrected chi connectivity index (χ2v) is 11.8. The monoisotopic (exact) mass is 480 g/mol. The molecule has 8 heteroatoms. The van der Waals surface area contributed by atoms with Crippen LogP contribution in [0.1, 0.15) is 34.4 Å². The highest BCUT2D eigenvalue weighted by Gasteiger charge is 2.35. The maximum absolute atomic E-state index is 13.3. The van der Waals surface area contributed by atoms with Crippen molar-refractivity contribution in [2.75, 3.05) is 19.6 Å². The van der Waals surface area contributed by atoms with Crippen molar-refractivity contribution in [3.05, 3.63) is 62.8 Å². The first-order valence-corrected chi connectivity index (χ1v) is 13.0. The van der Waals surface area contributed by atoms with Gasteiger partial charge in [-0.2, -0.15) is 4.31 Å². The first kappa shape index (κ1) is 24.0. The molecule has 168 valence electrons. The highest BCUT2D eigenvalue weighted by Crippen LogP contribution is 2.30. The van der Waals surface area contributed by atoms with Crippen LogP contribution in [0.2, 0.25) is 4.34 Å². The van der Waals surface area contributed by atoms with Gasteiger partial charge in [0.1, 0.15) is 0 Å². The third-order valence-corrected chi connectivity index (χ3v) is 9.06. The van der Waals surface area contributed by atoms with Gasteiger partial charge in [0.25, 0.3) is 0 Å². The zero-order valence-electron chi connectivity index (χ0n) is 18.2. The summed E-state index contributed by atoms with van der Waals surface area (Å²) in [6, 6.07) is 7.56. The van der Waals surface area contributed by atoms with Gasteiger partial charge in [0, 0.05) is 30.4 Å². The van der Waals surface area contributed by atoms with Crippen molar-refractivity contribution in [3.63, 3.8) is 0 Å². The van der Waals surface area contributed by atoms with Gasteiger partial charge in [-0.25, -0.2) is 8.42 Å². The van der Waals surface area contributed by atoms with Crippen LogP contribution in [-0.2, 0) is 21.4 Å². The first-order valence-electron chi connectivity index (χ1n) is 10.4. The number of benzene rings is 1. The number of aryl methyl sites for hydroxylation is 3. The van der Waals surface area contributed by atoms with Gasteiger partial charge in [0.05, 0.1) is 15.8 Å². The minimum Gasteiger partial charge on any atom is -0.334 e. The molecule has 1 aliphatic rings. The molecule has 31 heavy (non-hydrogen) atoms. The van der Waals surface area contributed by atoms with Crippen molar-refractivity contribution < 1.29 is 13.2 Å². The Morgan fingerprint density at radius 3 is 2.35 bits per heavy atom. The standard InChI is InChI=1S/C23H29ClN2O3S2/c1-5-10-25(15-20-6-7-21(24)30-20)23(27)19-8-11-26(12-9-19)31(28,29)22-17(3)13-16(2)14-18(22)4/h5-7,13-14,19H,1,8-12,15H2,2-4H3. The Morgan fingerprint density at radius 2 is 1.84 bits per heavy atom. The van der Waals surface area contributed by atoms with E-state index in [2.05, 4.69) is 6.58 Å². The molecule has 1 saturated heterocycles. The van der Waals surface area contributed by atoms with Crippen molar-refractivity contribution >= 4 is 38.9 Å². The zero-order chi connectivity index (χ0) is 22.8. The molecule has 1 fully saturated rings. The average Bonchev–Trinajstić information content (AvgIpc) is 3.11. The number of amides is 1. The molecule has 0 spiro atoms. The van der Waals surface area contributed by atoms with E-state index < -0.39 is 10.0 Å². The molecule has 0 radical (unpaired) electrons. The first-order chi connectivity index (χ1) is 14.6. The molecule has 1 aromatic carbocycles. The van der Waals surface area contributed by atoms with Crippen molar-refractivity contribution in [2.45, 2.75) is 45.1 Å². The molecule has 0 N–H and O–H groups in total. The number of carbonyl (C=O) groups is 1. The van der Waals surface area contributed by atoms with E-state index in [1.807, 2.05) is 45.0 Å². The molecule has 0 aliphatic carbocycles. The Hall–Kier alpha value is -1.67. The molecule has 0 unspecified atom stereocenters. The highest BCUT2D eigenvalue weighted by molar-refractivity contribution is 7.89. The molecule has 3 rings (SSSR count). The van der Waals surface area contributed by atoms with E-state index in [0.29, 0.717) is 48.3 Å². The van der Waals surface area contributed by atoms with E-state index in [4.69, 9.17) is 11.6 Å². The molecule has 0 saturated carbocycles. The van der Waals surface area contributed by atoms with Crippen LogP contribution in [0.4, 0.5) is 0 Å². The molecule has 2 aromatic rings. The van der Waals surface area contributed by atoms with Crippen molar-refractivity contribution in [1.29, 1.82) is 0 Å². The Kier molecular flexibility index (Phi) is 7.63. The van der Waals surface area contributed by atoms with E-state index >= 15 is 0 Å². The predicted octanol–water partition coefficient (Wildman–Crippen LogP) is 4.94. The summed E-state index contributed by atoms with van der Waals surface area (Å²) in [6.07, 6.45) is 2.75. The SMILES string of the molecule is C=CCN(Cc1ccc(Cl)s1)C(=O)C1CCN(S(=O)(=O)c2c(C)cc(C)cc2C)CC1. The summed E-state index contributed by atoms with van der Waals surface area (Å²) in [7, 11) is -3.59. The third kappa shape index (κ3) is 5.40. The van der Waals surface area contributed by atoms with E-state index in [0.717, 1.165) is 21.6 Å². The number of sulfonamides is 1. The summed E-state index contributed by atoms with van der Waals surface area (Å²) < 4.78 is 28.8. The van der Waals surface area contributed by atoms with Crippen LogP contribution in [0.25, 0.3) is 0 Å². The van der Waals surface area contributed by atoms with Crippen LogP contribution in [-0.4, -0.2) is 43.2 Å². The second kappa shape index (κ2) is 9.86. The van der Waals surface area contributed by atoms with Crippen LogP contribution in [0.5, 0.6) is 0 Å². The highest BCUT2D eigenvalue weighted by atomic mass is 35.5. The maximum Gasteiger partial charge on any atom is 0.243 e. The van der Waals surface area contributed by atoms with Crippen LogP contribution in [0.3, 0.4) is 0 Å². The lowest BCUT2D eigenvalue weighted by molar-refractivity contribution is -0.136. The van der Waals surface area contributed by atoms with Gasteiger partial charge in [0.2, 0.25) is 15.9 Å². The van der Waals surface area contributed by atoms with Crippen LogP contribution < -0.4 is 0 Å². The summed E-state index contributed by atoms with van der Waals surface area (Å²) in [5.74, 6) is -0.147. The maximum atomic E-state index is 13.3. The van der Waals surface area contributed by atoms with E-state index in [9.17, 15) is 13.2 Å². The lowest BCUT2D eigenvalue weighted by atomic mass is 9.96. The summed E-state index contributed by atoms with van der Waals surface area (Å²) in [5, 5.41) is 0. The van der Waals surface area contributed by atoms with Gasteiger partial charge in [-0.1, -0.05) is 35.4 Å². The zero-order valence-corrected chi connectivity index (χ0v) is 20.6. The van der Waals surface area contributed by atoms with Gasteiger partial charge >= 0.3 is 0 Å². The summed E-state index contributed by atoms with van der Waals surface area (Å²) in [5.41, 5.74) is 2.58. The number of rotatable bonds is 7. The van der Waals surface area contributed by atoms with E-state index in [1.54, 1.807) is 11.0 Å². The minimum atomic E-state index is -3.59. The van der Waals surface area contributed by atoms with Crippen LogP contribution in [0, 0.1) is 26.7 Å². The fraction of sp³-hybridized carbons (Fsp3) is 0.435. The lowest BCUT2D eigenvalue weighted by Gasteiger charge is -2.34. The lowest BCUT2D eigenvalue weighted by Crippen LogP contribution is -2.44. The van der Waals surface area contributed by atoms with Gasteiger partial charge in [-0.3, -0.25) is 4.79 Å². The van der Waals surface area contributed by atoms with Crippen LogP contribution >= 0.6 is 22.9 Å². The number of hydrogen-bond acceptors (Lipinski definition) is 4. The molecule has 5 nitrogen and oxygen atoms in total. The van der Waals surface area contributed by atoms with Gasteiger partial charge in [-0.05, 0) is 56.9 Å². The molecule has 0 bridgehead atoms. The largest absolute Gasteiger partial charge is 0.334 e. The molecule has 1 amide bonds. The topological polar surface area (TPSA) is 57.7 Å². The number of nitrogens with zero attached hydrogens (tertiary/aromatic N) is 2. The normalized spacial score (nSPS) is 15.7. The van der Waals surface area contributed by atoms with E-state index in [1.165, 1.54) is 15.6 Å². The van der Waals surface area contributed by atoms with Gasteiger partial charge in [0.15, 0.2) is 0 Å². The van der Waals surface area contributed by atoms with Crippen molar-refractivity contribution in [1.82, 2.24) is 9.21 Å². The van der Waals surface area contributed by atoms with Crippen LogP contribution in [0.15, 0.2) is 41.8 Å². The fourth-order valence-electron chi connectivity index (χ4n) is 4.32. The average molecular weight is 481 g/mol. The Labute approximate surface area is 194 Å². The third-order valence-electron chi connectivity index (χ3n) is 5.64. The minimum absolute atomic E-state index is 0.0455. The summed E-state index contributed by atoms with van der Waals surface area (Å²) in [4.78, 5) is 16.3. The van der Waals surface area contributed by atoms with E-state index in [-0.39, 0.29) is 11.8 Å². The molecule has 2 heterocycles. The number of hydrogen-bond donors (Lipinski definition) is 0. The quantitative estimate of drug-likeness (QED) is 0.527. The number of piperidine rings is 1. The molecular weight excluding hydrogens is 452 g/mol. The van der Waals surface area contributed by atoms with Gasteiger partial charge < -0.3 is 4.90 Å². The Morgan fingerprint density at radius 1 is 1.23 bits per heavy atom. The summed E-state index contributed by atoms with van der Waals surface area (Å²) >= 11 is 7.48. The Bertz CT molecular complexity index is 1050. The smallest absolute Gasteiger partial charge is 0.243 e. The van der Waals surface area contributed by atoms with Crippen molar-refractivity contribution in [2.24, 2.45) is 5.92 Å². The number of halogens is 1. The molecular formula is C23H29ClN2O3S2. The molecule has 1 aromatic heterocycles. The van der Waals surface area contributed by atoms with Gasteiger partial charge in [-0.15, -0.1) is 17.9 Å². The fourth-order valence-corrected chi connectivity index (χ4v) is 7.30. The summed E-state index contributed by atoms with van der Waals surface area (Å²) in [6.45, 7) is 11.0. The molecule has 1 aliphatic heterocycles. The Balaban J connectivity index is 1.70. The van der Waals surface area contributed by atoms with Crippen molar-refractivity contribution in [3.8, 4) is 0 Å². The molecule has 0 atom stereocenters. The second-order valence-electron chi connectivity index (χ2n) is 8.12.